The van der Waals surface area contributed by atoms with Gasteiger partial charge >= 0.3 is 0 Å². The number of rotatable bonds is 6. The monoisotopic (exact) mass is 232 g/mol. The molecule has 1 rings (SSSR count). The van der Waals surface area contributed by atoms with E-state index in [4.69, 9.17) is 0 Å². The minimum Gasteiger partial charge on any atom is -0.361 e. The summed E-state index contributed by atoms with van der Waals surface area (Å²) in [5, 5.41) is 20.9. The highest BCUT2D eigenvalue weighted by Crippen LogP contribution is 2.43. The van der Waals surface area contributed by atoms with Gasteiger partial charge in [0.05, 0.1) is 0 Å². The molecule has 1 aromatic rings. The van der Waals surface area contributed by atoms with Crippen molar-refractivity contribution >= 4 is 0 Å². The van der Waals surface area contributed by atoms with Crippen molar-refractivity contribution in [3.63, 3.8) is 0 Å². The maximum atomic E-state index is 10.4. The molecule has 0 heterocycles. The van der Waals surface area contributed by atoms with Crippen molar-refractivity contribution in [1.82, 2.24) is 0 Å². The van der Waals surface area contributed by atoms with Crippen LogP contribution in [0.25, 0.3) is 0 Å². The lowest BCUT2D eigenvalue weighted by atomic mass is 9.72. The van der Waals surface area contributed by atoms with Gasteiger partial charge in [-0.25, -0.2) is 0 Å². The van der Waals surface area contributed by atoms with Gasteiger partial charge in [0.1, 0.15) is 0 Å². The maximum Gasteiger partial charge on any atom is 0.195 e. The molecule has 0 amide bonds. The Morgan fingerprint density at radius 3 is 1.94 bits per heavy atom. The van der Waals surface area contributed by atoms with E-state index in [1.54, 1.807) is 36.4 Å². The molecule has 0 aliphatic rings. The lowest BCUT2D eigenvalue weighted by Crippen LogP contribution is -2.43. The quantitative estimate of drug-likeness (QED) is 0.584. The molecular weight excluding hydrogens is 212 g/mol. The first-order chi connectivity index (χ1) is 7.98. The summed E-state index contributed by atoms with van der Waals surface area (Å²) < 4.78 is 0. The molecule has 1 aromatic carbocycles. The van der Waals surface area contributed by atoms with Gasteiger partial charge in [-0.2, -0.15) is 0 Å². The van der Waals surface area contributed by atoms with Crippen LogP contribution in [0.2, 0.25) is 0 Å². The number of hydrogen-bond donors (Lipinski definition) is 2. The number of aliphatic hydroxyl groups is 2. The van der Waals surface area contributed by atoms with Crippen LogP contribution in [-0.4, -0.2) is 10.2 Å². The molecule has 0 radical (unpaired) electrons. The summed E-state index contributed by atoms with van der Waals surface area (Å²) >= 11 is 0. The zero-order valence-electron chi connectivity index (χ0n) is 10.3. The SMILES string of the molecule is C=CCC(C)(CC=C)C(O)(O)c1ccccc1. The fraction of sp³-hybridized carbons (Fsp3) is 0.333. The Morgan fingerprint density at radius 1 is 1.06 bits per heavy atom. The highest BCUT2D eigenvalue weighted by atomic mass is 16.5. The van der Waals surface area contributed by atoms with Crippen molar-refractivity contribution in [2.24, 2.45) is 5.41 Å². The average molecular weight is 232 g/mol. The van der Waals surface area contributed by atoms with Crippen molar-refractivity contribution in [1.29, 1.82) is 0 Å². The van der Waals surface area contributed by atoms with Crippen LogP contribution in [0, 0.1) is 5.41 Å². The molecule has 0 aliphatic heterocycles. The fourth-order valence-corrected chi connectivity index (χ4v) is 2.02. The zero-order valence-corrected chi connectivity index (χ0v) is 10.3. The van der Waals surface area contributed by atoms with Gasteiger partial charge in [-0.1, -0.05) is 49.4 Å². The Balaban J connectivity index is 3.16. The van der Waals surface area contributed by atoms with Crippen LogP contribution in [0.4, 0.5) is 0 Å². The van der Waals surface area contributed by atoms with Crippen LogP contribution >= 0.6 is 0 Å². The van der Waals surface area contributed by atoms with E-state index in [1.165, 1.54) is 0 Å². The van der Waals surface area contributed by atoms with Crippen LogP contribution in [0.3, 0.4) is 0 Å². The number of benzene rings is 1. The maximum absolute atomic E-state index is 10.4. The van der Waals surface area contributed by atoms with Gasteiger partial charge in [0.25, 0.3) is 0 Å². The number of hydrogen-bond acceptors (Lipinski definition) is 2. The van der Waals surface area contributed by atoms with Crippen LogP contribution < -0.4 is 0 Å². The summed E-state index contributed by atoms with van der Waals surface area (Å²) in [4.78, 5) is 0. The summed E-state index contributed by atoms with van der Waals surface area (Å²) in [5.74, 6) is -1.89. The topological polar surface area (TPSA) is 40.5 Å². The zero-order chi connectivity index (χ0) is 12.9. The van der Waals surface area contributed by atoms with E-state index in [-0.39, 0.29) is 0 Å². The Kier molecular flexibility index (Phi) is 4.27. The first kappa shape index (κ1) is 13.7. The van der Waals surface area contributed by atoms with Gasteiger partial charge in [0.2, 0.25) is 0 Å². The van der Waals surface area contributed by atoms with Crippen molar-refractivity contribution in [3.05, 3.63) is 61.2 Å². The van der Waals surface area contributed by atoms with Gasteiger partial charge in [0, 0.05) is 11.0 Å². The molecule has 0 saturated heterocycles. The predicted molar refractivity (Wildman–Crippen MR) is 70.3 cm³/mol. The molecule has 0 spiro atoms. The molecule has 0 saturated carbocycles. The van der Waals surface area contributed by atoms with E-state index in [2.05, 4.69) is 13.2 Å². The molecular formula is C15H20O2. The largest absolute Gasteiger partial charge is 0.361 e. The first-order valence-corrected chi connectivity index (χ1v) is 5.70. The van der Waals surface area contributed by atoms with Crippen molar-refractivity contribution < 1.29 is 10.2 Å². The molecule has 0 fully saturated rings. The standard InChI is InChI=1S/C15H20O2/c1-4-11-14(3,12-5-2)15(16,17)13-9-7-6-8-10-13/h4-10,16-17H,1-2,11-12H2,3H3. The summed E-state index contributed by atoms with van der Waals surface area (Å²) in [5.41, 5.74) is -0.232. The molecule has 0 aliphatic carbocycles. The minimum absolute atomic E-state index is 0.492. The summed E-state index contributed by atoms with van der Waals surface area (Å²) in [6.45, 7) is 9.18. The van der Waals surface area contributed by atoms with Crippen molar-refractivity contribution in [2.75, 3.05) is 0 Å². The molecule has 17 heavy (non-hydrogen) atoms. The molecule has 0 unspecified atom stereocenters. The van der Waals surface area contributed by atoms with Crippen LogP contribution in [0.15, 0.2) is 55.6 Å². The lowest BCUT2D eigenvalue weighted by molar-refractivity contribution is -0.247. The van der Waals surface area contributed by atoms with E-state index in [0.717, 1.165) is 0 Å². The second-order valence-corrected chi connectivity index (χ2v) is 4.58. The van der Waals surface area contributed by atoms with Crippen LogP contribution in [-0.2, 0) is 5.79 Å². The summed E-state index contributed by atoms with van der Waals surface area (Å²) in [7, 11) is 0. The van der Waals surface area contributed by atoms with E-state index in [0.29, 0.717) is 18.4 Å². The Labute approximate surface area is 103 Å². The number of allylic oxidation sites excluding steroid dienone is 2. The second-order valence-electron chi connectivity index (χ2n) is 4.58. The molecule has 0 bridgehead atoms. The highest BCUT2D eigenvalue weighted by Gasteiger charge is 2.45. The molecule has 2 N–H and O–H groups in total. The van der Waals surface area contributed by atoms with Gasteiger partial charge in [-0.15, -0.1) is 13.2 Å². The Morgan fingerprint density at radius 2 is 1.53 bits per heavy atom. The third-order valence-electron chi connectivity index (χ3n) is 3.21. The molecule has 0 aromatic heterocycles. The van der Waals surface area contributed by atoms with Gasteiger partial charge in [-0.3, -0.25) is 0 Å². The van der Waals surface area contributed by atoms with Crippen LogP contribution in [0.1, 0.15) is 25.3 Å². The summed E-state index contributed by atoms with van der Waals surface area (Å²) in [6, 6.07) is 8.85. The van der Waals surface area contributed by atoms with Crippen molar-refractivity contribution in [3.8, 4) is 0 Å². The smallest absolute Gasteiger partial charge is 0.195 e. The third-order valence-corrected chi connectivity index (χ3v) is 3.21. The van der Waals surface area contributed by atoms with Crippen molar-refractivity contribution in [2.45, 2.75) is 25.6 Å². The van der Waals surface area contributed by atoms with Gasteiger partial charge in [0.15, 0.2) is 5.79 Å². The first-order valence-electron chi connectivity index (χ1n) is 5.70. The third kappa shape index (κ3) is 2.65. The minimum atomic E-state index is -1.89. The molecule has 92 valence electrons. The molecule has 2 nitrogen and oxygen atoms in total. The molecule has 2 heteroatoms. The van der Waals surface area contributed by atoms with E-state index >= 15 is 0 Å². The average Bonchev–Trinajstić information content (AvgIpc) is 2.30. The normalized spacial score (nSPS) is 12.2. The summed E-state index contributed by atoms with van der Waals surface area (Å²) in [6.07, 6.45) is 4.41. The Hall–Kier alpha value is -1.38. The Bertz CT molecular complexity index is 369. The van der Waals surface area contributed by atoms with E-state index in [9.17, 15) is 10.2 Å². The highest BCUT2D eigenvalue weighted by molar-refractivity contribution is 5.23. The fourth-order valence-electron chi connectivity index (χ4n) is 2.02. The van der Waals surface area contributed by atoms with Crippen LogP contribution in [0.5, 0.6) is 0 Å². The van der Waals surface area contributed by atoms with E-state index in [1.807, 2.05) is 13.0 Å². The van der Waals surface area contributed by atoms with Gasteiger partial charge in [-0.05, 0) is 12.8 Å². The van der Waals surface area contributed by atoms with Gasteiger partial charge < -0.3 is 10.2 Å². The molecule has 0 atom stereocenters. The second kappa shape index (κ2) is 5.30. The lowest BCUT2D eigenvalue weighted by Gasteiger charge is -2.40. The van der Waals surface area contributed by atoms with E-state index < -0.39 is 11.2 Å². The predicted octanol–water partition coefficient (Wildman–Crippen LogP) is 2.98.